The molecule has 29 heavy (non-hydrogen) atoms. The maximum Gasteiger partial charge on any atom is 0.218 e. The zero-order chi connectivity index (χ0) is 20.7. The molecule has 7 nitrogen and oxygen atoms in total. The van der Waals surface area contributed by atoms with E-state index >= 15 is 0 Å². The van der Waals surface area contributed by atoms with E-state index in [1.165, 1.54) is 0 Å². The summed E-state index contributed by atoms with van der Waals surface area (Å²) < 4.78 is 17.7. The van der Waals surface area contributed by atoms with Crippen molar-refractivity contribution in [2.24, 2.45) is 16.7 Å². The van der Waals surface area contributed by atoms with Crippen molar-refractivity contribution < 1.29 is 14.2 Å². The van der Waals surface area contributed by atoms with Gasteiger partial charge in [-0.2, -0.15) is 15.8 Å². The van der Waals surface area contributed by atoms with E-state index < -0.39 is 28.6 Å². The summed E-state index contributed by atoms with van der Waals surface area (Å²) in [4.78, 5) is 0. The van der Waals surface area contributed by atoms with Gasteiger partial charge in [0, 0.05) is 6.42 Å². The van der Waals surface area contributed by atoms with Gasteiger partial charge in [-0.05, 0) is 30.5 Å². The van der Waals surface area contributed by atoms with Gasteiger partial charge in [0.1, 0.15) is 18.5 Å². The van der Waals surface area contributed by atoms with Crippen molar-refractivity contribution in [2.45, 2.75) is 37.6 Å². The van der Waals surface area contributed by atoms with Gasteiger partial charge in [0.2, 0.25) is 11.7 Å². The Kier molecular flexibility index (Phi) is 4.34. The minimum atomic E-state index is -1.84. The van der Waals surface area contributed by atoms with Crippen LogP contribution in [0, 0.1) is 56.2 Å². The average molecular weight is 388 g/mol. The predicted molar refractivity (Wildman–Crippen MR) is 101 cm³/mol. The molecule has 2 bridgehead atoms. The van der Waals surface area contributed by atoms with Crippen molar-refractivity contribution >= 4 is 5.90 Å². The molecule has 4 fully saturated rings. The first kappa shape index (κ1) is 19.0. The van der Waals surface area contributed by atoms with Crippen LogP contribution in [-0.2, 0) is 9.47 Å². The number of rotatable bonds is 4. The fourth-order valence-corrected chi connectivity index (χ4v) is 5.04. The summed E-state index contributed by atoms with van der Waals surface area (Å²) in [7, 11) is 0. The maximum absolute atomic E-state index is 10.2. The summed E-state index contributed by atoms with van der Waals surface area (Å²) in [5.41, 5.74) is -2.97. The smallest absolute Gasteiger partial charge is 0.218 e. The van der Waals surface area contributed by atoms with Gasteiger partial charge < -0.3 is 14.2 Å². The normalized spacial score (nSPS) is 33.9. The topological polar surface area (TPSA) is 123 Å². The van der Waals surface area contributed by atoms with Gasteiger partial charge in [-0.15, -0.1) is 0 Å². The number of nitriles is 3. The Balaban J connectivity index is 1.87. The zero-order valence-electron chi connectivity index (χ0n) is 15.9. The number of nitrogens with zero attached hydrogens (tertiary/aromatic N) is 3. The highest BCUT2D eigenvalue weighted by molar-refractivity contribution is 5.89. The Morgan fingerprint density at radius 2 is 1.90 bits per heavy atom. The third-order valence-corrected chi connectivity index (χ3v) is 6.37. The van der Waals surface area contributed by atoms with Crippen LogP contribution in [0.5, 0.6) is 5.75 Å². The summed E-state index contributed by atoms with van der Waals surface area (Å²) in [6.07, 6.45) is 3.31. The van der Waals surface area contributed by atoms with Gasteiger partial charge in [0.25, 0.3) is 0 Å². The first-order chi connectivity index (χ1) is 14.0. The Morgan fingerprint density at radius 3 is 2.52 bits per heavy atom. The van der Waals surface area contributed by atoms with E-state index in [9.17, 15) is 15.8 Å². The lowest BCUT2D eigenvalue weighted by Gasteiger charge is -2.63. The summed E-state index contributed by atoms with van der Waals surface area (Å²) in [6, 6.07) is 13.3. The lowest BCUT2D eigenvalue weighted by atomic mass is 9.48. The number of ether oxygens (including phenoxy) is 3. The number of benzene rings is 1. The van der Waals surface area contributed by atoms with Crippen molar-refractivity contribution in [1.29, 1.82) is 21.2 Å². The maximum atomic E-state index is 10.2. The van der Waals surface area contributed by atoms with Crippen molar-refractivity contribution in [3.8, 4) is 24.0 Å². The molecule has 146 valence electrons. The molecule has 3 saturated heterocycles. The van der Waals surface area contributed by atoms with E-state index in [0.717, 1.165) is 12.8 Å². The second kappa shape index (κ2) is 6.62. The molecule has 3 aliphatic heterocycles. The number of nitrogens with one attached hydrogen (secondary N) is 1. The highest BCUT2D eigenvalue weighted by Crippen LogP contribution is 2.69. The molecule has 1 aliphatic carbocycles. The minimum absolute atomic E-state index is 0.357. The van der Waals surface area contributed by atoms with E-state index in [-0.39, 0.29) is 5.90 Å². The van der Waals surface area contributed by atoms with Crippen molar-refractivity contribution in [2.75, 3.05) is 6.61 Å². The summed E-state index contributed by atoms with van der Waals surface area (Å²) in [5.74, 6) is -1.56. The fraction of sp³-hybridized carbons (Fsp3) is 0.455. The van der Waals surface area contributed by atoms with E-state index in [1.807, 2.05) is 0 Å². The lowest BCUT2D eigenvalue weighted by molar-refractivity contribution is -0.360. The number of hydrogen-bond acceptors (Lipinski definition) is 7. The molecule has 5 rings (SSSR count). The van der Waals surface area contributed by atoms with Crippen LogP contribution in [0.1, 0.15) is 37.4 Å². The lowest BCUT2D eigenvalue weighted by Crippen LogP contribution is -2.73. The van der Waals surface area contributed by atoms with E-state index in [4.69, 9.17) is 19.6 Å². The highest BCUT2D eigenvalue weighted by atomic mass is 16.7. The van der Waals surface area contributed by atoms with Gasteiger partial charge in [-0.25, -0.2) is 0 Å². The van der Waals surface area contributed by atoms with Crippen LogP contribution in [0.15, 0.2) is 36.9 Å². The third-order valence-electron chi connectivity index (χ3n) is 6.37. The van der Waals surface area contributed by atoms with Gasteiger partial charge in [0.05, 0.1) is 24.1 Å². The van der Waals surface area contributed by atoms with Crippen LogP contribution >= 0.6 is 0 Å². The largest absolute Gasteiger partial charge is 0.490 e. The molecular weight excluding hydrogens is 368 g/mol. The summed E-state index contributed by atoms with van der Waals surface area (Å²) in [6.45, 7) is 3.97. The van der Waals surface area contributed by atoms with Crippen molar-refractivity contribution in [3.63, 3.8) is 0 Å². The fourth-order valence-electron chi connectivity index (χ4n) is 5.04. The predicted octanol–water partition coefficient (Wildman–Crippen LogP) is 3.76. The Labute approximate surface area is 169 Å². The van der Waals surface area contributed by atoms with Crippen LogP contribution < -0.4 is 4.74 Å². The molecule has 7 heteroatoms. The third kappa shape index (κ3) is 2.27. The molecule has 1 aromatic carbocycles. The molecule has 1 spiro atoms. The molecule has 0 aromatic heterocycles. The monoisotopic (exact) mass is 388 g/mol. The van der Waals surface area contributed by atoms with Crippen LogP contribution in [0.3, 0.4) is 0 Å². The Morgan fingerprint density at radius 1 is 1.17 bits per heavy atom. The zero-order valence-corrected chi connectivity index (χ0v) is 15.9. The first-order valence-electron chi connectivity index (χ1n) is 9.57. The van der Waals surface area contributed by atoms with Crippen LogP contribution in [0.25, 0.3) is 0 Å². The van der Waals surface area contributed by atoms with Gasteiger partial charge >= 0.3 is 0 Å². The summed E-state index contributed by atoms with van der Waals surface area (Å²) >= 11 is 0. The Bertz CT molecular complexity index is 969. The van der Waals surface area contributed by atoms with Crippen LogP contribution in [-0.4, -0.2) is 18.3 Å². The SMILES string of the molecule is C=CCOc1ccc([C@H]2O[C@]34CCCC[C@@H]3C(C#N)(C#N)[C@@]2(C#N)C(=N)O4)cc1. The highest BCUT2D eigenvalue weighted by Gasteiger charge is 2.80. The van der Waals surface area contributed by atoms with E-state index in [1.54, 1.807) is 30.3 Å². The molecule has 0 amide bonds. The molecule has 1 N–H and O–H groups in total. The standard InChI is InChI=1S/C22H20N4O3/c1-2-11-27-16-8-6-15(7-9-16)18-21(14-25)19(26)29-22(28-18)10-4-3-5-17(22)20(21,12-23)13-24/h2,6-9,17-18,26H,1,3-5,10-11H2/t17-,18-,21-,22+/m1/s1. The average Bonchev–Trinajstić information content (AvgIpc) is 2.76. The number of hydrogen-bond donors (Lipinski definition) is 1. The molecule has 0 radical (unpaired) electrons. The second-order valence-electron chi connectivity index (χ2n) is 7.66. The summed E-state index contributed by atoms with van der Waals surface area (Å²) in [5, 5.41) is 39.1. The molecular formula is C22H20N4O3. The molecule has 4 atom stereocenters. The van der Waals surface area contributed by atoms with Gasteiger partial charge in [0.15, 0.2) is 10.8 Å². The quantitative estimate of drug-likeness (QED) is 0.783. The number of fused-ring (bicyclic) bond motifs is 2. The van der Waals surface area contributed by atoms with E-state index in [2.05, 4.69) is 24.8 Å². The Hall–Kier alpha value is -3.34. The van der Waals surface area contributed by atoms with Crippen molar-refractivity contribution in [3.05, 3.63) is 42.5 Å². The van der Waals surface area contributed by atoms with Gasteiger partial charge in [-0.1, -0.05) is 31.2 Å². The molecule has 1 aromatic rings. The van der Waals surface area contributed by atoms with Crippen LogP contribution in [0.4, 0.5) is 0 Å². The van der Waals surface area contributed by atoms with Crippen molar-refractivity contribution in [1.82, 2.24) is 0 Å². The molecule has 3 heterocycles. The van der Waals surface area contributed by atoms with Gasteiger partial charge in [-0.3, -0.25) is 5.41 Å². The van der Waals surface area contributed by atoms with Crippen LogP contribution in [0.2, 0.25) is 0 Å². The molecule has 1 saturated carbocycles. The van der Waals surface area contributed by atoms with E-state index in [0.29, 0.717) is 30.8 Å². The molecule has 4 aliphatic rings. The first-order valence-corrected chi connectivity index (χ1v) is 9.57. The second-order valence-corrected chi connectivity index (χ2v) is 7.66. The minimum Gasteiger partial charge on any atom is -0.490 e. The molecule has 0 unspecified atom stereocenters.